The second kappa shape index (κ2) is 2.39. The van der Waals surface area contributed by atoms with Crippen LogP contribution in [0.15, 0.2) is 22.5 Å². The van der Waals surface area contributed by atoms with Crippen LogP contribution in [0.4, 0.5) is 0 Å². The lowest BCUT2D eigenvalue weighted by molar-refractivity contribution is 0.179. The van der Waals surface area contributed by atoms with Gasteiger partial charge in [-0.25, -0.2) is 0 Å². The molecule has 2 rings (SSSR count). The monoisotopic (exact) mass is 152 g/mol. The second-order valence-electron chi connectivity index (χ2n) is 3.01. The van der Waals surface area contributed by atoms with Crippen molar-refractivity contribution < 1.29 is 0 Å². The molecule has 1 unspecified atom stereocenters. The highest BCUT2D eigenvalue weighted by Gasteiger charge is 2.33. The van der Waals surface area contributed by atoms with Crippen LogP contribution in [0.2, 0.25) is 0 Å². The van der Waals surface area contributed by atoms with E-state index >= 15 is 0 Å². The molecule has 4 heteroatoms. The first-order chi connectivity index (χ1) is 5.31. The topological polar surface area (TPSA) is 54.0 Å². The van der Waals surface area contributed by atoms with Crippen LogP contribution < -0.4 is 5.73 Å². The number of rotatable bonds is 1. The van der Waals surface area contributed by atoms with Crippen LogP contribution in [-0.2, 0) is 0 Å². The molecule has 2 aliphatic rings. The summed E-state index contributed by atoms with van der Waals surface area (Å²) in [7, 11) is 0. The fourth-order valence-electron chi connectivity index (χ4n) is 1.55. The molecule has 0 aromatic heterocycles. The highest BCUT2D eigenvalue weighted by atomic mass is 15.4. The first-order valence-corrected chi connectivity index (χ1v) is 3.95. The van der Waals surface area contributed by atoms with Crippen LogP contribution in [-0.4, -0.2) is 23.8 Å². The SMILES string of the molecule is NC1(N2CCCC2)C=CN=N1. The Hall–Kier alpha value is -0.740. The van der Waals surface area contributed by atoms with Crippen LogP contribution in [0.1, 0.15) is 12.8 Å². The molecule has 0 aromatic rings. The molecular formula is C7H12N4. The highest BCUT2D eigenvalue weighted by molar-refractivity contribution is 5.06. The van der Waals surface area contributed by atoms with Gasteiger partial charge in [-0.05, 0) is 18.9 Å². The Morgan fingerprint density at radius 3 is 2.64 bits per heavy atom. The molecule has 1 atom stereocenters. The van der Waals surface area contributed by atoms with Gasteiger partial charge in [0.2, 0.25) is 5.79 Å². The second-order valence-corrected chi connectivity index (χ2v) is 3.01. The zero-order valence-corrected chi connectivity index (χ0v) is 6.40. The Morgan fingerprint density at radius 2 is 2.09 bits per heavy atom. The minimum Gasteiger partial charge on any atom is -0.290 e. The summed E-state index contributed by atoms with van der Waals surface area (Å²) in [4.78, 5) is 2.15. The molecule has 1 fully saturated rings. The van der Waals surface area contributed by atoms with Crippen LogP contribution in [0, 0.1) is 0 Å². The van der Waals surface area contributed by atoms with E-state index in [9.17, 15) is 0 Å². The van der Waals surface area contributed by atoms with E-state index in [0.29, 0.717) is 0 Å². The van der Waals surface area contributed by atoms with Gasteiger partial charge in [0.05, 0.1) is 6.20 Å². The van der Waals surface area contributed by atoms with Gasteiger partial charge in [-0.3, -0.25) is 10.6 Å². The van der Waals surface area contributed by atoms with Crippen LogP contribution >= 0.6 is 0 Å². The van der Waals surface area contributed by atoms with Crippen molar-refractivity contribution in [3.8, 4) is 0 Å². The van der Waals surface area contributed by atoms with E-state index in [-0.39, 0.29) is 0 Å². The summed E-state index contributed by atoms with van der Waals surface area (Å²) >= 11 is 0. The van der Waals surface area contributed by atoms with Crippen LogP contribution in [0.5, 0.6) is 0 Å². The van der Waals surface area contributed by atoms with Crippen molar-refractivity contribution in [2.24, 2.45) is 16.0 Å². The Labute approximate surface area is 65.8 Å². The average molecular weight is 152 g/mol. The third kappa shape index (κ3) is 1.08. The van der Waals surface area contributed by atoms with Gasteiger partial charge < -0.3 is 0 Å². The van der Waals surface area contributed by atoms with Crippen molar-refractivity contribution >= 4 is 0 Å². The first kappa shape index (κ1) is 6.94. The summed E-state index contributed by atoms with van der Waals surface area (Å²) < 4.78 is 0. The van der Waals surface area contributed by atoms with Gasteiger partial charge >= 0.3 is 0 Å². The van der Waals surface area contributed by atoms with E-state index in [1.54, 1.807) is 6.20 Å². The van der Waals surface area contributed by atoms with Crippen molar-refractivity contribution in [1.29, 1.82) is 0 Å². The summed E-state index contributed by atoms with van der Waals surface area (Å²) in [5, 5.41) is 7.73. The minimum atomic E-state index is -0.615. The molecule has 0 radical (unpaired) electrons. The first-order valence-electron chi connectivity index (χ1n) is 3.95. The Balaban J connectivity index is 2.13. The summed E-state index contributed by atoms with van der Waals surface area (Å²) in [5.41, 5.74) is 5.94. The maximum Gasteiger partial charge on any atom is 0.206 e. The quantitative estimate of drug-likeness (QED) is 0.600. The van der Waals surface area contributed by atoms with E-state index in [1.165, 1.54) is 12.8 Å². The number of nitrogens with zero attached hydrogens (tertiary/aromatic N) is 3. The predicted octanol–water partition coefficient (Wildman–Crippen LogP) is 0.674. The highest BCUT2D eigenvalue weighted by Crippen LogP contribution is 2.22. The zero-order chi connectivity index (χ0) is 7.73. The molecule has 2 heterocycles. The van der Waals surface area contributed by atoms with Gasteiger partial charge in [-0.1, -0.05) is 0 Å². The van der Waals surface area contributed by atoms with Gasteiger partial charge in [0.25, 0.3) is 0 Å². The number of likely N-dealkylation sites (tertiary alicyclic amines) is 1. The fraction of sp³-hybridized carbons (Fsp3) is 0.714. The number of hydrogen-bond donors (Lipinski definition) is 1. The number of hydrogen-bond acceptors (Lipinski definition) is 4. The Kier molecular flexibility index (Phi) is 1.51. The van der Waals surface area contributed by atoms with Gasteiger partial charge in [0.15, 0.2) is 0 Å². The molecule has 0 spiro atoms. The molecule has 60 valence electrons. The average Bonchev–Trinajstić information content (AvgIpc) is 2.55. The van der Waals surface area contributed by atoms with Gasteiger partial charge in [-0.15, -0.1) is 5.11 Å². The van der Waals surface area contributed by atoms with Crippen molar-refractivity contribution in [2.75, 3.05) is 13.1 Å². The lowest BCUT2D eigenvalue weighted by Crippen LogP contribution is -2.50. The van der Waals surface area contributed by atoms with Crippen molar-refractivity contribution in [1.82, 2.24) is 4.90 Å². The number of nitrogens with two attached hydrogens (primary N) is 1. The van der Waals surface area contributed by atoms with Crippen molar-refractivity contribution in [2.45, 2.75) is 18.6 Å². The third-order valence-corrected chi connectivity index (χ3v) is 2.22. The molecule has 2 N–H and O–H groups in total. The molecule has 4 nitrogen and oxygen atoms in total. The smallest absolute Gasteiger partial charge is 0.206 e. The Bertz CT molecular complexity index is 190. The van der Waals surface area contributed by atoms with Gasteiger partial charge in [-0.2, -0.15) is 5.11 Å². The lowest BCUT2D eigenvalue weighted by Gasteiger charge is -2.28. The van der Waals surface area contributed by atoms with E-state index in [0.717, 1.165) is 13.1 Å². The summed E-state index contributed by atoms with van der Waals surface area (Å²) in [5.74, 6) is -0.615. The molecule has 0 amide bonds. The van der Waals surface area contributed by atoms with Crippen molar-refractivity contribution in [3.63, 3.8) is 0 Å². The number of azo groups is 1. The molecule has 11 heavy (non-hydrogen) atoms. The summed E-state index contributed by atoms with van der Waals surface area (Å²) in [6, 6.07) is 0. The molecule has 0 aliphatic carbocycles. The normalized spacial score (nSPS) is 37.2. The molecule has 0 bridgehead atoms. The molecule has 0 aromatic carbocycles. The maximum absolute atomic E-state index is 5.94. The van der Waals surface area contributed by atoms with E-state index in [2.05, 4.69) is 15.1 Å². The van der Waals surface area contributed by atoms with E-state index < -0.39 is 5.79 Å². The largest absolute Gasteiger partial charge is 0.290 e. The van der Waals surface area contributed by atoms with Crippen LogP contribution in [0.3, 0.4) is 0 Å². The summed E-state index contributed by atoms with van der Waals surface area (Å²) in [6.45, 7) is 2.08. The van der Waals surface area contributed by atoms with Crippen LogP contribution in [0.25, 0.3) is 0 Å². The predicted molar refractivity (Wildman–Crippen MR) is 41.7 cm³/mol. The van der Waals surface area contributed by atoms with Gasteiger partial charge in [0.1, 0.15) is 0 Å². The molecule has 2 aliphatic heterocycles. The molecular weight excluding hydrogens is 140 g/mol. The summed E-state index contributed by atoms with van der Waals surface area (Å²) in [6.07, 6.45) is 5.96. The van der Waals surface area contributed by atoms with E-state index in [4.69, 9.17) is 5.73 Å². The standard InChI is InChI=1S/C7H12N4/c8-7(3-4-9-10-7)11-5-1-2-6-11/h3-4H,1-2,5-6,8H2. The zero-order valence-electron chi connectivity index (χ0n) is 6.40. The minimum absolute atomic E-state index is 0.615. The maximum atomic E-state index is 5.94. The van der Waals surface area contributed by atoms with Crippen molar-refractivity contribution in [3.05, 3.63) is 12.3 Å². The van der Waals surface area contributed by atoms with Gasteiger partial charge in [0, 0.05) is 13.1 Å². The lowest BCUT2D eigenvalue weighted by atomic mass is 10.3. The fourth-order valence-corrected chi connectivity index (χ4v) is 1.55. The van der Waals surface area contributed by atoms with E-state index in [1.807, 2.05) is 6.08 Å². The third-order valence-electron chi connectivity index (χ3n) is 2.22. The molecule has 0 saturated carbocycles. The Morgan fingerprint density at radius 1 is 1.36 bits per heavy atom. The molecule has 1 saturated heterocycles.